The van der Waals surface area contributed by atoms with Gasteiger partial charge in [0.1, 0.15) is 29.5 Å². The number of nitrogen functional groups attached to an aromatic ring is 1. The van der Waals surface area contributed by atoms with E-state index in [1.165, 1.54) is 6.33 Å². The van der Waals surface area contributed by atoms with Gasteiger partial charge in [0.2, 0.25) is 0 Å². The molecule has 0 amide bonds. The molecule has 1 aliphatic heterocycles. The van der Waals surface area contributed by atoms with E-state index in [0.29, 0.717) is 30.1 Å². The van der Waals surface area contributed by atoms with E-state index in [1.807, 2.05) is 12.3 Å². The number of nitrogens with zero attached hydrogens (tertiary/aromatic N) is 5. The minimum absolute atomic E-state index is 0.166. The number of imidazole rings is 1. The van der Waals surface area contributed by atoms with Crippen LogP contribution in [-0.4, -0.2) is 56.6 Å². The van der Waals surface area contributed by atoms with Gasteiger partial charge in [-0.3, -0.25) is 9.88 Å². The van der Waals surface area contributed by atoms with Gasteiger partial charge >= 0.3 is 0 Å². The number of aromatic amines is 1. The fourth-order valence-electron chi connectivity index (χ4n) is 2.95. The molecule has 9 nitrogen and oxygen atoms in total. The molecule has 130 valence electrons. The van der Waals surface area contributed by atoms with Gasteiger partial charge in [-0.1, -0.05) is 0 Å². The van der Waals surface area contributed by atoms with Crippen molar-refractivity contribution in [3.63, 3.8) is 0 Å². The molecule has 9 heteroatoms. The predicted octanol–water partition coefficient (Wildman–Crippen LogP) is 0.912. The van der Waals surface area contributed by atoms with Crippen LogP contribution in [0.2, 0.25) is 0 Å². The van der Waals surface area contributed by atoms with Gasteiger partial charge in [-0.25, -0.2) is 15.0 Å². The summed E-state index contributed by atoms with van der Waals surface area (Å²) in [5.74, 6) is 1.86. The molecule has 3 N–H and O–H groups in total. The van der Waals surface area contributed by atoms with Crippen LogP contribution < -0.4 is 10.5 Å². The van der Waals surface area contributed by atoms with Crippen molar-refractivity contribution < 1.29 is 9.47 Å². The Balaban J connectivity index is 1.50. The SMILES string of the molecule is COc1cncc(CN2CCOC(c3nc4ncnc(N)c4[nH]3)C2)c1. The summed E-state index contributed by atoms with van der Waals surface area (Å²) in [6.07, 6.45) is 4.79. The largest absolute Gasteiger partial charge is 0.495 e. The van der Waals surface area contributed by atoms with E-state index < -0.39 is 0 Å². The molecular weight excluding hydrogens is 322 g/mol. The first-order valence-electron chi connectivity index (χ1n) is 8.01. The van der Waals surface area contributed by atoms with E-state index in [2.05, 4.69) is 29.8 Å². The summed E-state index contributed by atoms with van der Waals surface area (Å²) in [6.45, 7) is 2.95. The Morgan fingerprint density at radius 2 is 2.32 bits per heavy atom. The summed E-state index contributed by atoms with van der Waals surface area (Å²) in [5, 5.41) is 0. The third-order valence-electron chi connectivity index (χ3n) is 4.20. The molecule has 25 heavy (non-hydrogen) atoms. The van der Waals surface area contributed by atoms with Crippen LogP contribution >= 0.6 is 0 Å². The van der Waals surface area contributed by atoms with Crippen molar-refractivity contribution in [3.05, 3.63) is 36.2 Å². The Morgan fingerprint density at radius 3 is 3.16 bits per heavy atom. The second kappa shape index (κ2) is 6.61. The lowest BCUT2D eigenvalue weighted by molar-refractivity contribution is -0.0367. The third kappa shape index (κ3) is 3.24. The van der Waals surface area contributed by atoms with E-state index in [9.17, 15) is 0 Å². The van der Waals surface area contributed by atoms with E-state index in [4.69, 9.17) is 15.2 Å². The number of nitrogens with one attached hydrogen (secondary N) is 1. The number of H-pyrrole nitrogens is 1. The number of nitrogens with two attached hydrogens (primary N) is 1. The number of anilines is 1. The Bertz CT molecular complexity index is 882. The van der Waals surface area contributed by atoms with Crippen molar-refractivity contribution >= 4 is 17.0 Å². The molecule has 1 atom stereocenters. The molecular formula is C16H19N7O2. The molecule has 1 unspecified atom stereocenters. The van der Waals surface area contributed by atoms with Crippen molar-refractivity contribution in [1.82, 2.24) is 29.8 Å². The van der Waals surface area contributed by atoms with E-state index in [-0.39, 0.29) is 6.10 Å². The lowest BCUT2D eigenvalue weighted by Crippen LogP contribution is -2.38. The van der Waals surface area contributed by atoms with Crippen molar-refractivity contribution in [3.8, 4) is 5.75 Å². The molecule has 0 aromatic carbocycles. The zero-order chi connectivity index (χ0) is 17.2. The smallest absolute Gasteiger partial charge is 0.183 e. The number of methoxy groups -OCH3 is 1. The number of ether oxygens (including phenoxy) is 2. The number of fused-ring (bicyclic) bond motifs is 1. The van der Waals surface area contributed by atoms with Crippen LogP contribution in [0.25, 0.3) is 11.2 Å². The zero-order valence-electron chi connectivity index (χ0n) is 13.8. The number of hydrogen-bond acceptors (Lipinski definition) is 8. The summed E-state index contributed by atoms with van der Waals surface area (Å²) < 4.78 is 11.1. The van der Waals surface area contributed by atoms with Gasteiger partial charge in [-0.15, -0.1) is 0 Å². The molecule has 3 aromatic heterocycles. The minimum atomic E-state index is -0.166. The van der Waals surface area contributed by atoms with Crippen LogP contribution in [0.1, 0.15) is 17.5 Å². The maximum Gasteiger partial charge on any atom is 0.183 e. The van der Waals surface area contributed by atoms with E-state index in [0.717, 1.165) is 30.2 Å². The maximum atomic E-state index is 5.88. The normalized spacial score (nSPS) is 18.5. The Labute approximate surface area is 144 Å². The first-order valence-corrected chi connectivity index (χ1v) is 8.01. The van der Waals surface area contributed by atoms with E-state index >= 15 is 0 Å². The lowest BCUT2D eigenvalue weighted by atomic mass is 10.2. The zero-order valence-corrected chi connectivity index (χ0v) is 13.8. The van der Waals surface area contributed by atoms with Crippen LogP contribution in [-0.2, 0) is 11.3 Å². The van der Waals surface area contributed by atoms with Crippen LogP contribution in [0.4, 0.5) is 5.82 Å². The molecule has 1 fully saturated rings. The fourth-order valence-corrected chi connectivity index (χ4v) is 2.95. The van der Waals surface area contributed by atoms with E-state index in [1.54, 1.807) is 13.3 Å². The number of hydrogen-bond donors (Lipinski definition) is 2. The van der Waals surface area contributed by atoms with Crippen LogP contribution in [0.15, 0.2) is 24.8 Å². The highest BCUT2D eigenvalue weighted by atomic mass is 16.5. The molecule has 0 bridgehead atoms. The molecule has 0 spiro atoms. The quantitative estimate of drug-likeness (QED) is 0.719. The van der Waals surface area contributed by atoms with Crippen LogP contribution in [0.3, 0.4) is 0 Å². The average Bonchev–Trinajstić information content (AvgIpc) is 3.08. The standard InChI is InChI=1S/C16H19N7O2/c1-24-11-4-10(5-18-6-11)7-23-2-3-25-12(8-23)15-21-13-14(17)19-9-20-16(13)22-15/h4-6,9,12H,2-3,7-8H2,1H3,(H3,17,19,20,21,22). The molecule has 0 radical (unpaired) electrons. The average molecular weight is 341 g/mol. The highest BCUT2D eigenvalue weighted by Crippen LogP contribution is 2.24. The predicted molar refractivity (Wildman–Crippen MR) is 90.9 cm³/mol. The van der Waals surface area contributed by atoms with Gasteiger partial charge in [0.15, 0.2) is 11.5 Å². The van der Waals surface area contributed by atoms with Gasteiger partial charge < -0.3 is 20.2 Å². The van der Waals surface area contributed by atoms with Crippen molar-refractivity contribution in [1.29, 1.82) is 0 Å². The molecule has 0 saturated carbocycles. The van der Waals surface area contributed by atoms with Gasteiger partial charge in [0.25, 0.3) is 0 Å². The molecule has 3 aromatic rings. The third-order valence-corrected chi connectivity index (χ3v) is 4.20. The highest BCUT2D eigenvalue weighted by Gasteiger charge is 2.25. The minimum Gasteiger partial charge on any atom is -0.495 e. The first kappa shape index (κ1) is 15.7. The molecule has 4 rings (SSSR count). The van der Waals surface area contributed by atoms with Crippen LogP contribution in [0, 0.1) is 0 Å². The second-order valence-corrected chi connectivity index (χ2v) is 5.91. The second-order valence-electron chi connectivity index (χ2n) is 5.91. The molecule has 1 aliphatic rings. The first-order chi connectivity index (χ1) is 12.2. The highest BCUT2D eigenvalue weighted by molar-refractivity contribution is 5.81. The summed E-state index contributed by atoms with van der Waals surface area (Å²) in [7, 11) is 1.64. The van der Waals surface area contributed by atoms with Crippen molar-refractivity contribution in [2.75, 3.05) is 32.5 Å². The Morgan fingerprint density at radius 1 is 1.40 bits per heavy atom. The van der Waals surface area contributed by atoms with Crippen LogP contribution in [0.5, 0.6) is 5.75 Å². The summed E-state index contributed by atoms with van der Waals surface area (Å²) >= 11 is 0. The summed E-state index contributed by atoms with van der Waals surface area (Å²) in [5.41, 5.74) is 8.16. The summed E-state index contributed by atoms with van der Waals surface area (Å²) in [6, 6.07) is 1.99. The lowest BCUT2D eigenvalue weighted by Gasteiger charge is -2.31. The number of rotatable bonds is 4. The number of morpholine rings is 1. The Kier molecular flexibility index (Phi) is 4.16. The van der Waals surface area contributed by atoms with Crippen molar-refractivity contribution in [2.24, 2.45) is 0 Å². The Hall–Kier alpha value is -2.78. The van der Waals surface area contributed by atoms with Gasteiger partial charge in [-0.05, 0) is 11.6 Å². The molecule has 1 saturated heterocycles. The van der Waals surface area contributed by atoms with Gasteiger partial charge in [0.05, 0.1) is 19.9 Å². The molecule has 4 heterocycles. The number of pyridine rings is 1. The summed E-state index contributed by atoms with van der Waals surface area (Å²) in [4.78, 5) is 22.3. The van der Waals surface area contributed by atoms with Gasteiger partial charge in [-0.2, -0.15) is 0 Å². The van der Waals surface area contributed by atoms with Gasteiger partial charge in [0, 0.05) is 25.8 Å². The monoisotopic (exact) mass is 341 g/mol. The van der Waals surface area contributed by atoms with Crippen molar-refractivity contribution in [2.45, 2.75) is 12.6 Å². The number of aromatic nitrogens is 5. The molecule has 0 aliphatic carbocycles. The topological polar surface area (TPSA) is 115 Å². The maximum absolute atomic E-state index is 5.88. The fraction of sp³-hybridized carbons (Fsp3) is 0.375.